The second-order valence-electron chi connectivity index (χ2n) is 10.5. The van der Waals surface area contributed by atoms with Crippen LogP contribution in [0.25, 0.3) is 0 Å². The van der Waals surface area contributed by atoms with E-state index in [0.29, 0.717) is 11.8 Å². The van der Waals surface area contributed by atoms with Crippen molar-refractivity contribution in [3.05, 3.63) is 0 Å². The van der Waals surface area contributed by atoms with Crippen molar-refractivity contribution >= 4 is 10.1 Å². The molecule has 0 spiro atoms. The van der Waals surface area contributed by atoms with E-state index in [4.69, 9.17) is 14.0 Å². The third-order valence-corrected chi connectivity index (χ3v) is 9.49. The fourth-order valence-corrected chi connectivity index (χ4v) is 8.09. The molecule has 0 aromatic carbocycles. The fraction of sp³-hybridized carbons (Fsp3) is 1.00. The molecule has 5 aliphatic rings. The van der Waals surface area contributed by atoms with Crippen LogP contribution in [0.1, 0.15) is 58.3 Å². The molecule has 4 aliphatic carbocycles. The Morgan fingerprint density at radius 3 is 2.43 bits per heavy atom. The minimum absolute atomic E-state index is 0.152. The van der Waals surface area contributed by atoms with Gasteiger partial charge >= 0.3 is 21.3 Å². The second-order valence-corrected chi connectivity index (χ2v) is 12.0. The highest BCUT2D eigenvalue weighted by atomic mass is 32.2. The summed E-state index contributed by atoms with van der Waals surface area (Å²) < 4.78 is 100. The molecule has 1 heterocycles. The Morgan fingerprint density at radius 2 is 1.73 bits per heavy atom. The third-order valence-electron chi connectivity index (χ3n) is 8.57. The van der Waals surface area contributed by atoms with Crippen LogP contribution in [0.3, 0.4) is 0 Å². The van der Waals surface area contributed by atoms with Gasteiger partial charge in [0.05, 0.1) is 12.2 Å². The van der Waals surface area contributed by atoms with Crippen molar-refractivity contribution in [3.8, 4) is 0 Å². The van der Waals surface area contributed by atoms with Crippen LogP contribution in [0.15, 0.2) is 0 Å². The molecular formula is C20H28F4O5S. The summed E-state index contributed by atoms with van der Waals surface area (Å²) in [5.41, 5.74) is -0.152. The second kappa shape index (κ2) is 6.54. The van der Waals surface area contributed by atoms with E-state index < -0.39 is 51.6 Å². The van der Waals surface area contributed by atoms with Gasteiger partial charge in [0.1, 0.15) is 0 Å². The van der Waals surface area contributed by atoms with Gasteiger partial charge in [-0.3, -0.25) is 4.55 Å². The van der Waals surface area contributed by atoms with Gasteiger partial charge in [-0.05, 0) is 62.2 Å². The Labute approximate surface area is 173 Å². The summed E-state index contributed by atoms with van der Waals surface area (Å²) in [6.45, 7) is 2.21. The Morgan fingerprint density at radius 1 is 1.03 bits per heavy atom. The smallest absolute Gasteiger partial charge is 0.346 e. The fourth-order valence-electron chi connectivity index (χ4n) is 7.60. The number of halogens is 4. The van der Waals surface area contributed by atoms with E-state index >= 15 is 0 Å². The number of alkyl halides is 4. The molecule has 9 atom stereocenters. The molecule has 1 saturated heterocycles. The van der Waals surface area contributed by atoms with Gasteiger partial charge in [-0.15, -0.1) is 0 Å². The molecule has 4 bridgehead atoms. The molecule has 172 valence electrons. The lowest BCUT2D eigenvalue weighted by atomic mass is 9.59. The molecule has 1 aliphatic heterocycles. The van der Waals surface area contributed by atoms with Crippen LogP contribution in [0.4, 0.5) is 17.6 Å². The van der Waals surface area contributed by atoms with Gasteiger partial charge in [0.2, 0.25) is 0 Å². The zero-order valence-electron chi connectivity index (χ0n) is 16.8. The molecule has 5 rings (SSSR count). The zero-order chi connectivity index (χ0) is 21.7. The van der Waals surface area contributed by atoms with Crippen LogP contribution in [0.5, 0.6) is 0 Å². The quantitative estimate of drug-likeness (QED) is 0.499. The maximum Gasteiger partial charge on any atom is 0.431 e. The Kier molecular flexibility index (Phi) is 4.67. The molecule has 1 N–H and O–H groups in total. The predicted octanol–water partition coefficient (Wildman–Crippen LogP) is 4.47. The summed E-state index contributed by atoms with van der Waals surface area (Å²) in [4.78, 5) is 0. The van der Waals surface area contributed by atoms with E-state index in [-0.39, 0.29) is 24.2 Å². The number of hydrogen-bond donors (Lipinski definition) is 1. The van der Waals surface area contributed by atoms with Crippen molar-refractivity contribution < 1.29 is 40.0 Å². The van der Waals surface area contributed by atoms with Crippen LogP contribution >= 0.6 is 0 Å². The lowest BCUT2D eigenvalue weighted by Gasteiger charge is -2.50. The first-order chi connectivity index (χ1) is 13.9. The van der Waals surface area contributed by atoms with Crippen molar-refractivity contribution in [3.63, 3.8) is 0 Å². The van der Waals surface area contributed by atoms with Crippen LogP contribution in [0.2, 0.25) is 0 Å². The molecule has 0 amide bonds. The van der Waals surface area contributed by atoms with E-state index in [1.807, 2.05) is 0 Å². The third kappa shape index (κ3) is 2.85. The first-order valence-corrected chi connectivity index (χ1v) is 12.3. The maximum absolute atomic E-state index is 14.6. The van der Waals surface area contributed by atoms with Gasteiger partial charge < -0.3 is 9.47 Å². The molecular weight excluding hydrogens is 428 g/mol. The van der Waals surface area contributed by atoms with Gasteiger partial charge in [-0.2, -0.15) is 26.0 Å². The minimum atomic E-state index is -6.24. The average Bonchev–Trinajstić information content (AvgIpc) is 3.32. The van der Waals surface area contributed by atoms with Crippen molar-refractivity contribution in [2.24, 2.45) is 35.0 Å². The largest absolute Gasteiger partial charge is 0.431 e. The van der Waals surface area contributed by atoms with E-state index in [1.54, 1.807) is 0 Å². The first kappa shape index (κ1) is 21.4. The molecule has 0 aromatic heterocycles. The summed E-state index contributed by atoms with van der Waals surface area (Å²) >= 11 is 0. The Hall–Kier alpha value is -0.450. The highest BCUT2D eigenvalue weighted by molar-refractivity contribution is 7.87. The zero-order valence-corrected chi connectivity index (χ0v) is 17.6. The van der Waals surface area contributed by atoms with Crippen molar-refractivity contribution in [1.82, 2.24) is 0 Å². The van der Waals surface area contributed by atoms with Crippen molar-refractivity contribution in [1.29, 1.82) is 0 Å². The van der Waals surface area contributed by atoms with Crippen LogP contribution in [-0.2, 0) is 19.6 Å². The van der Waals surface area contributed by atoms with Crippen molar-refractivity contribution in [2.45, 2.75) is 88.0 Å². The highest BCUT2D eigenvalue weighted by Gasteiger charge is 2.75. The molecule has 0 radical (unpaired) electrons. The number of hydrogen-bond acceptors (Lipinski definition) is 4. The summed E-state index contributed by atoms with van der Waals surface area (Å²) in [5, 5.41) is -5.53. The lowest BCUT2D eigenvalue weighted by molar-refractivity contribution is -0.215. The van der Waals surface area contributed by atoms with Gasteiger partial charge in [0.15, 0.2) is 6.29 Å². The van der Waals surface area contributed by atoms with E-state index in [1.165, 1.54) is 12.8 Å². The van der Waals surface area contributed by atoms with Crippen LogP contribution in [-0.4, -0.2) is 42.6 Å². The predicted molar refractivity (Wildman–Crippen MR) is 97.5 cm³/mol. The van der Waals surface area contributed by atoms with Gasteiger partial charge in [-0.25, -0.2) is 0 Å². The molecule has 9 unspecified atom stereocenters. The SMILES string of the molecule is CC1CC2CCCC(C3OC4C5CC(C4O3)C(C(F)(F)C(F)(F)S(=O)(=O)O)C5)(C1)C2. The monoisotopic (exact) mass is 456 g/mol. The number of ether oxygens (including phenoxy) is 2. The van der Waals surface area contributed by atoms with Gasteiger partial charge in [-0.1, -0.05) is 19.8 Å². The van der Waals surface area contributed by atoms with E-state index in [2.05, 4.69) is 6.92 Å². The van der Waals surface area contributed by atoms with Crippen LogP contribution < -0.4 is 0 Å². The summed E-state index contributed by atoms with van der Waals surface area (Å²) in [6.07, 6.45) is 4.65. The normalized spacial score (nSPS) is 48.7. The average molecular weight is 456 g/mol. The molecule has 10 heteroatoms. The standard InChI is InChI=1S/C20H28F4O5S/c1-10-5-11-3-2-4-18(8-10,9-11)17-28-15-12-6-13(16(15)29-17)14(7-12)19(21,22)20(23,24)30(25,26)27/h10-17H,2-9H2,1H3,(H,25,26,27). The van der Waals surface area contributed by atoms with Gasteiger partial charge in [0, 0.05) is 11.3 Å². The lowest BCUT2D eigenvalue weighted by Crippen LogP contribution is -2.55. The highest BCUT2D eigenvalue weighted by Crippen LogP contribution is 2.63. The van der Waals surface area contributed by atoms with Gasteiger partial charge in [0.25, 0.3) is 0 Å². The molecule has 0 aromatic rings. The molecule has 5 nitrogen and oxygen atoms in total. The molecule has 30 heavy (non-hydrogen) atoms. The Balaban J connectivity index is 1.37. The maximum atomic E-state index is 14.6. The van der Waals surface area contributed by atoms with Crippen molar-refractivity contribution in [2.75, 3.05) is 0 Å². The summed E-state index contributed by atoms with van der Waals surface area (Å²) in [5.74, 6) is -6.89. The number of fused-ring (bicyclic) bond motifs is 7. The number of rotatable bonds is 4. The minimum Gasteiger partial charge on any atom is -0.346 e. The van der Waals surface area contributed by atoms with E-state index in [0.717, 1.165) is 25.7 Å². The summed E-state index contributed by atoms with van der Waals surface area (Å²) in [6, 6.07) is 0. The van der Waals surface area contributed by atoms with E-state index in [9.17, 15) is 26.0 Å². The molecule has 5 fully saturated rings. The summed E-state index contributed by atoms with van der Waals surface area (Å²) in [7, 11) is -6.24. The topological polar surface area (TPSA) is 72.8 Å². The van der Waals surface area contributed by atoms with Crippen LogP contribution in [0, 0.1) is 35.0 Å². The first-order valence-electron chi connectivity index (χ1n) is 10.9. The Bertz CT molecular complexity index is 816. The molecule has 4 saturated carbocycles.